The maximum atomic E-state index is 12.3. The highest BCUT2D eigenvalue weighted by Gasteiger charge is 2.26. The van der Waals surface area contributed by atoms with Crippen molar-refractivity contribution < 1.29 is 9.21 Å². The second kappa shape index (κ2) is 7.40. The standard InChI is InChI=1S/C19H24N6O2/c1-14-3-4-17(27-14)13-24-11-15(25-16(12-24)6-9-22-25)5-8-20-19(26)18-7-10-21-23(18)2/h3-4,6-7,9-10,15H,5,8,11-13H2,1-2H3,(H,20,26). The summed E-state index contributed by atoms with van der Waals surface area (Å²) in [5.41, 5.74) is 1.75. The minimum atomic E-state index is -0.102. The van der Waals surface area contributed by atoms with Gasteiger partial charge in [0, 0.05) is 39.1 Å². The number of nitrogens with one attached hydrogen (secondary N) is 1. The van der Waals surface area contributed by atoms with Gasteiger partial charge in [-0.25, -0.2) is 0 Å². The first-order chi connectivity index (χ1) is 13.1. The fourth-order valence-electron chi connectivity index (χ4n) is 3.63. The Balaban J connectivity index is 1.38. The molecule has 1 N–H and O–H groups in total. The van der Waals surface area contributed by atoms with Gasteiger partial charge in [0.05, 0.1) is 18.3 Å². The van der Waals surface area contributed by atoms with Crippen LogP contribution in [-0.2, 0) is 20.1 Å². The number of amides is 1. The van der Waals surface area contributed by atoms with E-state index in [0.29, 0.717) is 12.2 Å². The lowest BCUT2D eigenvalue weighted by Crippen LogP contribution is -2.39. The number of carbonyl (C=O) groups excluding carboxylic acids is 1. The molecular weight excluding hydrogens is 344 g/mol. The maximum absolute atomic E-state index is 12.3. The fraction of sp³-hybridized carbons (Fsp3) is 0.421. The van der Waals surface area contributed by atoms with Gasteiger partial charge in [-0.3, -0.25) is 19.1 Å². The van der Waals surface area contributed by atoms with Gasteiger partial charge in [-0.1, -0.05) is 0 Å². The number of hydrogen-bond donors (Lipinski definition) is 1. The fourth-order valence-corrected chi connectivity index (χ4v) is 3.63. The second-order valence-corrected chi connectivity index (χ2v) is 6.99. The normalized spacial score (nSPS) is 17.0. The smallest absolute Gasteiger partial charge is 0.269 e. The van der Waals surface area contributed by atoms with Crippen LogP contribution in [0, 0.1) is 6.92 Å². The molecule has 3 aromatic heterocycles. The molecule has 8 nitrogen and oxygen atoms in total. The van der Waals surface area contributed by atoms with E-state index < -0.39 is 0 Å². The maximum Gasteiger partial charge on any atom is 0.269 e. The minimum absolute atomic E-state index is 0.102. The molecule has 0 spiro atoms. The van der Waals surface area contributed by atoms with Crippen LogP contribution in [0.15, 0.2) is 41.1 Å². The summed E-state index contributed by atoms with van der Waals surface area (Å²) in [5, 5.41) is 11.5. The van der Waals surface area contributed by atoms with Gasteiger partial charge in [0.2, 0.25) is 0 Å². The van der Waals surface area contributed by atoms with E-state index >= 15 is 0 Å². The van der Waals surface area contributed by atoms with Crippen LogP contribution in [0.4, 0.5) is 0 Å². The summed E-state index contributed by atoms with van der Waals surface area (Å²) in [4.78, 5) is 14.6. The third kappa shape index (κ3) is 3.80. The van der Waals surface area contributed by atoms with Crippen molar-refractivity contribution in [3.8, 4) is 0 Å². The molecule has 1 unspecified atom stereocenters. The molecule has 0 aromatic carbocycles. The molecule has 1 amide bonds. The number of aromatic nitrogens is 4. The van der Waals surface area contributed by atoms with Crippen molar-refractivity contribution in [2.24, 2.45) is 7.05 Å². The number of nitrogens with zero attached hydrogens (tertiary/aromatic N) is 5. The monoisotopic (exact) mass is 368 g/mol. The molecule has 4 rings (SSSR count). The molecule has 0 saturated heterocycles. The molecule has 0 bridgehead atoms. The third-order valence-corrected chi connectivity index (χ3v) is 4.94. The highest BCUT2D eigenvalue weighted by Crippen LogP contribution is 2.24. The van der Waals surface area contributed by atoms with Crippen LogP contribution in [0.3, 0.4) is 0 Å². The molecule has 1 aliphatic heterocycles. The van der Waals surface area contributed by atoms with Crippen LogP contribution in [0.5, 0.6) is 0 Å². The quantitative estimate of drug-likeness (QED) is 0.719. The number of aryl methyl sites for hydroxylation is 2. The van der Waals surface area contributed by atoms with Crippen molar-refractivity contribution in [2.45, 2.75) is 32.5 Å². The first-order valence-corrected chi connectivity index (χ1v) is 9.16. The zero-order valence-electron chi connectivity index (χ0n) is 15.6. The number of fused-ring (bicyclic) bond motifs is 1. The Morgan fingerprint density at radius 1 is 1.26 bits per heavy atom. The van der Waals surface area contributed by atoms with E-state index in [9.17, 15) is 4.79 Å². The number of furan rings is 1. The highest BCUT2D eigenvalue weighted by atomic mass is 16.3. The SMILES string of the molecule is Cc1ccc(CN2Cc3ccnn3C(CCNC(=O)c3ccnn3C)C2)o1. The van der Waals surface area contributed by atoms with Crippen LogP contribution in [0.25, 0.3) is 0 Å². The van der Waals surface area contributed by atoms with Crippen molar-refractivity contribution >= 4 is 5.91 Å². The average molecular weight is 368 g/mol. The van der Waals surface area contributed by atoms with Crippen molar-refractivity contribution in [1.29, 1.82) is 0 Å². The van der Waals surface area contributed by atoms with Crippen LogP contribution in [0.1, 0.15) is 40.2 Å². The molecule has 8 heteroatoms. The van der Waals surface area contributed by atoms with E-state index in [4.69, 9.17) is 4.42 Å². The Morgan fingerprint density at radius 3 is 2.85 bits per heavy atom. The molecule has 0 radical (unpaired) electrons. The molecule has 1 aliphatic rings. The molecule has 0 fully saturated rings. The largest absolute Gasteiger partial charge is 0.465 e. The zero-order valence-corrected chi connectivity index (χ0v) is 15.6. The van der Waals surface area contributed by atoms with E-state index in [1.165, 1.54) is 5.69 Å². The van der Waals surface area contributed by atoms with Crippen LogP contribution < -0.4 is 5.32 Å². The van der Waals surface area contributed by atoms with E-state index in [2.05, 4.69) is 31.2 Å². The Kier molecular flexibility index (Phi) is 4.81. The Labute approximate surface area is 157 Å². The van der Waals surface area contributed by atoms with E-state index in [1.54, 1.807) is 24.0 Å². The second-order valence-electron chi connectivity index (χ2n) is 6.99. The molecule has 3 aromatic rings. The summed E-state index contributed by atoms with van der Waals surface area (Å²) in [6.07, 6.45) is 4.28. The Hall–Kier alpha value is -2.87. The summed E-state index contributed by atoms with van der Waals surface area (Å²) < 4.78 is 9.39. The first-order valence-electron chi connectivity index (χ1n) is 9.16. The molecule has 142 valence electrons. The first kappa shape index (κ1) is 17.5. The minimum Gasteiger partial charge on any atom is -0.465 e. The summed E-state index contributed by atoms with van der Waals surface area (Å²) in [6, 6.07) is 8.01. The van der Waals surface area contributed by atoms with Crippen molar-refractivity contribution in [2.75, 3.05) is 13.1 Å². The average Bonchev–Trinajstić information content (AvgIpc) is 3.36. The molecule has 0 aliphatic carbocycles. The Morgan fingerprint density at radius 2 is 2.11 bits per heavy atom. The van der Waals surface area contributed by atoms with Crippen LogP contribution >= 0.6 is 0 Å². The number of hydrogen-bond acceptors (Lipinski definition) is 5. The molecule has 1 atom stereocenters. The number of rotatable bonds is 6. The van der Waals surface area contributed by atoms with Crippen molar-refractivity contribution in [1.82, 2.24) is 29.8 Å². The van der Waals surface area contributed by atoms with Crippen LogP contribution in [-0.4, -0.2) is 43.5 Å². The van der Waals surface area contributed by atoms with Gasteiger partial charge in [-0.2, -0.15) is 10.2 Å². The summed E-state index contributed by atoms with van der Waals surface area (Å²) >= 11 is 0. The molecule has 4 heterocycles. The van der Waals surface area contributed by atoms with E-state index in [0.717, 1.165) is 37.6 Å². The van der Waals surface area contributed by atoms with Crippen molar-refractivity contribution in [3.05, 3.63) is 59.6 Å². The van der Waals surface area contributed by atoms with Gasteiger partial charge in [0.1, 0.15) is 17.2 Å². The summed E-state index contributed by atoms with van der Waals surface area (Å²) in [7, 11) is 1.76. The lowest BCUT2D eigenvalue weighted by Gasteiger charge is -2.33. The van der Waals surface area contributed by atoms with Crippen LogP contribution in [0.2, 0.25) is 0 Å². The van der Waals surface area contributed by atoms with Gasteiger partial charge in [0.25, 0.3) is 5.91 Å². The molecule has 27 heavy (non-hydrogen) atoms. The third-order valence-electron chi connectivity index (χ3n) is 4.94. The van der Waals surface area contributed by atoms with Gasteiger partial charge in [-0.05, 0) is 37.6 Å². The lowest BCUT2D eigenvalue weighted by atomic mass is 10.1. The Bertz CT molecular complexity index is 924. The van der Waals surface area contributed by atoms with Gasteiger partial charge < -0.3 is 9.73 Å². The zero-order chi connectivity index (χ0) is 18.8. The van der Waals surface area contributed by atoms with Crippen molar-refractivity contribution in [3.63, 3.8) is 0 Å². The van der Waals surface area contributed by atoms with E-state index in [1.807, 2.05) is 25.3 Å². The van der Waals surface area contributed by atoms with Gasteiger partial charge >= 0.3 is 0 Å². The lowest BCUT2D eigenvalue weighted by molar-refractivity contribution is 0.0937. The predicted octanol–water partition coefficient (Wildman–Crippen LogP) is 1.90. The van der Waals surface area contributed by atoms with Gasteiger partial charge in [0.15, 0.2) is 0 Å². The predicted molar refractivity (Wildman–Crippen MR) is 99.0 cm³/mol. The summed E-state index contributed by atoms with van der Waals surface area (Å²) in [5.74, 6) is 1.81. The van der Waals surface area contributed by atoms with Gasteiger partial charge in [-0.15, -0.1) is 0 Å². The topological polar surface area (TPSA) is 81.1 Å². The summed E-state index contributed by atoms with van der Waals surface area (Å²) in [6.45, 7) is 5.04. The molecule has 0 saturated carbocycles. The molecular formula is C19H24N6O2. The highest BCUT2D eigenvalue weighted by molar-refractivity contribution is 5.92. The van der Waals surface area contributed by atoms with E-state index in [-0.39, 0.29) is 11.9 Å². The number of carbonyl (C=O) groups is 1.